The third-order valence-corrected chi connectivity index (χ3v) is 7.98. The van der Waals surface area contributed by atoms with Crippen LogP contribution in [-0.4, -0.2) is 42.1 Å². The first kappa shape index (κ1) is 22.8. The highest BCUT2D eigenvalue weighted by molar-refractivity contribution is 8.00. The number of nitrogens with one attached hydrogen (secondary N) is 2. The van der Waals surface area contributed by atoms with Crippen molar-refractivity contribution in [2.75, 3.05) is 24.9 Å². The SMILES string of the molecule is CN(C1CCCCC1)C1CNC1.FOc1cc(F)c(SNc2nccs2)cc1C1CC1. The molecule has 5 nitrogen and oxygen atoms in total. The Balaban J connectivity index is 0.000000166. The van der Waals surface area contributed by atoms with Crippen molar-refractivity contribution in [1.82, 2.24) is 15.2 Å². The Hall–Kier alpha value is -1.42. The van der Waals surface area contributed by atoms with E-state index in [1.165, 1.54) is 56.5 Å². The van der Waals surface area contributed by atoms with E-state index in [9.17, 15) is 8.92 Å². The van der Waals surface area contributed by atoms with Crippen LogP contribution in [0.4, 0.5) is 14.0 Å². The molecule has 2 aromatic rings. The van der Waals surface area contributed by atoms with Gasteiger partial charge < -0.3 is 10.0 Å². The van der Waals surface area contributed by atoms with Crippen molar-refractivity contribution in [1.29, 1.82) is 0 Å². The van der Waals surface area contributed by atoms with Crippen molar-refractivity contribution in [3.63, 3.8) is 0 Å². The van der Waals surface area contributed by atoms with Crippen molar-refractivity contribution < 1.29 is 13.9 Å². The molecular weight excluding hydrogens is 438 g/mol. The van der Waals surface area contributed by atoms with Crippen molar-refractivity contribution in [2.45, 2.75) is 67.8 Å². The minimum atomic E-state index is -0.508. The number of anilines is 1. The Morgan fingerprint density at radius 2 is 1.94 bits per heavy atom. The Kier molecular flexibility index (Phi) is 8.03. The number of benzene rings is 1. The topological polar surface area (TPSA) is 49.4 Å². The second-order valence-electron chi connectivity index (χ2n) is 8.48. The van der Waals surface area contributed by atoms with E-state index in [2.05, 4.69) is 31.9 Å². The van der Waals surface area contributed by atoms with E-state index in [4.69, 9.17) is 0 Å². The molecule has 170 valence electrons. The van der Waals surface area contributed by atoms with E-state index in [0.29, 0.717) is 10.0 Å². The summed E-state index contributed by atoms with van der Waals surface area (Å²) in [4.78, 5) is 10.8. The zero-order valence-corrected chi connectivity index (χ0v) is 19.4. The van der Waals surface area contributed by atoms with E-state index >= 15 is 0 Å². The predicted octanol–water partition coefficient (Wildman–Crippen LogP) is 5.76. The highest BCUT2D eigenvalue weighted by Crippen LogP contribution is 2.46. The molecule has 1 saturated heterocycles. The van der Waals surface area contributed by atoms with Crippen molar-refractivity contribution >= 4 is 28.4 Å². The minimum Gasteiger partial charge on any atom is -0.314 e. The van der Waals surface area contributed by atoms with Gasteiger partial charge in [-0.2, -0.15) is 0 Å². The number of thiazole rings is 1. The van der Waals surface area contributed by atoms with Gasteiger partial charge in [0.1, 0.15) is 5.82 Å². The summed E-state index contributed by atoms with van der Waals surface area (Å²) in [7, 11) is 2.31. The number of likely N-dealkylation sites (N-methyl/N-ethyl adjacent to an activating group) is 1. The van der Waals surface area contributed by atoms with E-state index < -0.39 is 5.82 Å². The maximum absolute atomic E-state index is 13.8. The molecule has 0 spiro atoms. The fraction of sp³-hybridized carbons (Fsp3) is 0.591. The Morgan fingerprint density at radius 3 is 2.52 bits per heavy atom. The molecule has 2 aliphatic carbocycles. The second-order valence-corrected chi connectivity index (χ2v) is 10.2. The number of hydrogen-bond acceptors (Lipinski definition) is 7. The van der Waals surface area contributed by atoms with Gasteiger partial charge >= 0.3 is 0 Å². The molecule has 0 bridgehead atoms. The zero-order valence-electron chi connectivity index (χ0n) is 17.8. The second kappa shape index (κ2) is 10.9. The molecule has 5 rings (SSSR count). The molecule has 0 amide bonds. The summed E-state index contributed by atoms with van der Waals surface area (Å²) in [6.07, 6.45) is 10.9. The fourth-order valence-electron chi connectivity index (χ4n) is 4.13. The van der Waals surface area contributed by atoms with Gasteiger partial charge in [0.25, 0.3) is 0 Å². The fourth-order valence-corrected chi connectivity index (χ4v) is 5.41. The first-order valence-electron chi connectivity index (χ1n) is 11.0. The first-order valence-corrected chi connectivity index (χ1v) is 12.7. The van der Waals surface area contributed by atoms with E-state index in [0.717, 1.165) is 48.5 Å². The maximum Gasteiger partial charge on any atom is 0.192 e. The average molecular weight is 469 g/mol. The van der Waals surface area contributed by atoms with Gasteiger partial charge in [0, 0.05) is 52.9 Å². The third-order valence-electron chi connectivity index (χ3n) is 6.33. The largest absolute Gasteiger partial charge is 0.314 e. The maximum atomic E-state index is 13.8. The van der Waals surface area contributed by atoms with Crippen LogP contribution in [-0.2, 0) is 0 Å². The molecule has 1 aliphatic heterocycles. The van der Waals surface area contributed by atoms with Gasteiger partial charge in [0.15, 0.2) is 10.9 Å². The lowest BCUT2D eigenvalue weighted by Crippen LogP contribution is -2.58. The zero-order chi connectivity index (χ0) is 21.6. The number of aromatic nitrogens is 1. The molecule has 3 aliphatic rings. The Labute approximate surface area is 191 Å². The van der Waals surface area contributed by atoms with Gasteiger partial charge in [0.05, 0.1) is 4.90 Å². The van der Waals surface area contributed by atoms with Crippen LogP contribution in [0, 0.1) is 5.82 Å². The van der Waals surface area contributed by atoms with Crippen LogP contribution in [0.25, 0.3) is 0 Å². The van der Waals surface area contributed by atoms with Gasteiger partial charge in [-0.25, -0.2) is 9.37 Å². The summed E-state index contributed by atoms with van der Waals surface area (Å²) in [5.74, 6) is -0.240. The molecule has 2 saturated carbocycles. The summed E-state index contributed by atoms with van der Waals surface area (Å²) in [5, 5.41) is 5.87. The minimum absolute atomic E-state index is 0.0152. The molecule has 0 radical (unpaired) electrons. The number of rotatable bonds is 7. The average Bonchev–Trinajstić information content (AvgIpc) is 3.47. The summed E-state index contributed by atoms with van der Waals surface area (Å²) in [6, 6.07) is 4.48. The van der Waals surface area contributed by atoms with E-state index in [1.807, 2.05) is 5.38 Å². The third kappa shape index (κ3) is 6.09. The normalized spacial score (nSPS) is 19.5. The van der Waals surface area contributed by atoms with Crippen LogP contribution in [0.2, 0.25) is 0 Å². The van der Waals surface area contributed by atoms with Crippen LogP contribution < -0.4 is 15.0 Å². The monoisotopic (exact) mass is 468 g/mol. The van der Waals surface area contributed by atoms with Gasteiger partial charge in [-0.3, -0.25) is 9.84 Å². The van der Waals surface area contributed by atoms with Crippen LogP contribution in [0.1, 0.15) is 56.4 Å². The number of nitrogens with zero attached hydrogens (tertiary/aromatic N) is 2. The molecule has 0 unspecified atom stereocenters. The highest BCUT2D eigenvalue weighted by atomic mass is 32.2. The van der Waals surface area contributed by atoms with Crippen molar-refractivity contribution in [3.05, 3.63) is 35.1 Å². The standard InChI is InChI=1S/C12H10F2N2OS2.C10H20N2/c13-9-6-10(17-14)8(7-1-2-7)5-11(9)19-16-12-15-3-4-18-12;1-12(10-7-11-8-10)9-5-3-2-4-6-9/h3-7H,1-2H2,(H,15,16);9-11H,2-8H2,1H3. The highest BCUT2D eigenvalue weighted by Gasteiger charge is 2.29. The molecule has 9 heteroatoms. The van der Waals surface area contributed by atoms with Gasteiger partial charge in [-0.05, 0) is 56.7 Å². The lowest BCUT2D eigenvalue weighted by atomic mass is 9.93. The molecule has 2 N–H and O–H groups in total. The number of halogens is 2. The molecule has 2 heterocycles. The van der Waals surface area contributed by atoms with Gasteiger partial charge in [0.2, 0.25) is 0 Å². The number of hydrogen-bond donors (Lipinski definition) is 2. The smallest absolute Gasteiger partial charge is 0.192 e. The van der Waals surface area contributed by atoms with Crippen molar-refractivity contribution in [3.8, 4) is 5.75 Å². The van der Waals surface area contributed by atoms with E-state index in [-0.39, 0.29) is 11.7 Å². The molecule has 0 atom stereocenters. The molecule has 31 heavy (non-hydrogen) atoms. The first-order chi connectivity index (χ1) is 15.2. The summed E-state index contributed by atoms with van der Waals surface area (Å²) >= 11 is 2.56. The summed E-state index contributed by atoms with van der Waals surface area (Å²) < 4.78 is 29.2. The summed E-state index contributed by atoms with van der Waals surface area (Å²) in [5.41, 5.74) is 0.729. The quantitative estimate of drug-likeness (QED) is 0.504. The molecular formula is C22H30F2N4OS2. The van der Waals surface area contributed by atoms with Crippen LogP contribution in [0.15, 0.2) is 28.6 Å². The van der Waals surface area contributed by atoms with Gasteiger partial charge in [-0.15, -0.1) is 11.3 Å². The lowest BCUT2D eigenvalue weighted by molar-refractivity contribution is -0.00780. The Morgan fingerprint density at radius 1 is 1.16 bits per heavy atom. The van der Waals surface area contributed by atoms with Crippen LogP contribution in [0.3, 0.4) is 0 Å². The predicted molar refractivity (Wildman–Crippen MR) is 123 cm³/mol. The summed E-state index contributed by atoms with van der Waals surface area (Å²) in [6.45, 7) is 2.43. The van der Waals surface area contributed by atoms with Gasteiger partial charge in [-0.1, -0.05) is 19.3 Å². The molecule has 1 aromatic carbocycles. The Bertz CT molecular complexity index is 825. The van der Waals surface area contributed by atoms with Crippen LogP contribution in [0.5, 0.6) is 5.75 Å². The van der Waals surface area contributed by atoms with Crippen LogP contribution >= 0.6 is 23.3 Å². The molecule has 1 aromatic heterocycles. The van der Waals surface area contributed by atoms with Crippen molar-refractivity contribution in [2.24, 2.45) is 0 Å². The molecule has 3 fully saturated rings. The lowest BCUT2D eigenvalue weighted by Gasteiger charge is -2.42. The van der Waals surface area contributed by atoms with E-state index in [1.54, 1.807) is 12.3 Å².